The fourth-order valence-electron chi connectivity index (χ4n) is 2.49. The van der Waals surface area contributed by atoms with E-state index in [1.165, 1.54) is 24.8 Å². The Kier molecular flexibility index (Phi) is 6.88. The molecule has 2 atom stereocenters. The summed E-state index contributed by atoms with van der Waals surface area (Å²) in [6.45, 7) is 6.97. The van der Waals surface area contributed by atoms with Crippen LogP contribution in [-0.4, -0.2) is 11.7 Å². The highest BCUT2D eigenvalue weighted by molar-refractivity contribution is 6.30. The van der Waals surface area contributed by atoms with E-state index in [0.717, 1.165) is 17.9 Å². The van der Waals surface area contributed by atoms with Gasteiger partial charge in [-0.1, -0.05) is 57.3 Å². The SMILES string of the molecule is CCCCC(C)(CC[C@@H](C)CO)c1ccc(Cl)cc1. The molecule has 0 amide bonds. The van der Waals surface area contributed by atoms with Gasteiger partial charge in [0.05, 0.1) is 0 Å². The van der Waals surface area contributed by atoms with Gasteiger partial charge < -0.3 is 5.11 Å². The molecule has 1 N–H and O–H groups in total. The zero-order chi connectivity index (χ0) is 14.3. The lowest BCUT2D eigenvalue weighted by molar-refractivity contribution is 0.216. The van der Waals surface area contributed by atoms with Crippen molar-refractivity contribution in [2.75, 3.05) is 6.61 Å². The van der Waals surface area contributed by atoms with Gasteiger partial charge in [0, 0.05) is 11.6 Å². The van der Waals surface area contributed by atoms with Crippen molar-refractivity contribution in [3.8, 4) is 0 Å². The van der Waals surface area contributed by atoms with E-state index in [9.17, 15) is 5.11 Å². The summed E-state index contributed by atoms with van der Waals surface area (Å²) in [5, 5.41) is 9.99. The van der Waals surface area contributed by atoms with E-state index in [1.807, 2.05) is 12.1 Å². The number of rotatable bonds is 8. The minimum atomic E-state index is 0.198. The number of benzene rings is 1. The Morgan fingerprint density at radius 3 is 2.37 bits per heavy atom. The summed E-state index contributed by atoms with van der Waals surface area (Å²) >= 11 is 5.98. The topological polar surface area (TPSA) is 20.2 Å². The van der Waals surface area contributed by atoms with Crippen LogP contribution in [0, 0.1) is 5.92 Å². The average molecular weight is 283 g/mol. The molecule has 108 valence electrons. The molecule has 1 aromatic rings. The standard InChI is InChI=1S/C17H27ClO/c1-4-5-11-17(3,12-10-14(2)13-19)15-6-8-16(18)9-7-15/h6-9,14,19H,4-5,10-13H2,1-3H3/t14-,17?/m1/s1. The van der Waals surface area contributed by atoms with Crippen LogP contribution in [0.1, 0.15) is 58.4 Å². The molecule has 1 nitrogen and oxygen atoms in total. The quantitative estimate of drug-likeness (QED) is 0.695. The number of aliphatic hydroxyl groups is 1. The van der Waals surface area contributed by atoms with E-state index in [2.05, 4.69) is 32.9 Å². The van der Waals surface area contributed by atoms with E-state index in [1.54, 1.807) is 0 Å². The van der Waals surface area contributed by atoms with E-state index < -0.39 is 0 Å². The van der Waals surface area contributed by atoms with Gasteiger partial charge in [0.15, 0.2) is 0 Å². The van der Waals surface area contributed by atoms with Crippen LogP contribution < -0.4 is 0 Å². The molecule has 1 rings (SSSR count). The molecular formula is C17H27ClO. The van der Waals surface area contributed by atoms with Crippen LogP contribution in [0.4, 0.5) is 0 Å². The molecule has 0 heterocycles. The third kappa shape index (κ3) is 5.16. The number of aliphatic hydroxyl groups excluding tert-OH is 1. The zero-order valence-electron chi connectivity index (χ0n) is 12.5. The first kappa shape index (κ1) is 16.5. The predicted octanol–water partition coefficient (Wildman–Crippen LogP) is 5.20. The van der Waals surface area contributed by atoms with Crippen LogP contribution in [0.15, 0.2) is 24.3 Å². The molecular weight excluding hydrogens is 256 g/mol. The van der Waals surface area contributed by atoms with Gasteiger partial charge in [-0.2, -0.15) is 0 Å². The minimum absolute atomic E-state index is 0.198. The fourth-order valence-corrected chi connectivity index (χ4v) is 2.62. The van der Waals surface area contributed by atoms with Crippen molar-refractivity contribution in [2.24, 2.45) is 5.92 Å². The van der Waals surface area contributed by atoms with E-state index in [-0.39, 0.29) is 12.0 Å². The van der Waals surface area contributed by atoms with Gasteiger partial charge in [-0.3, -0.25) is 0 Å². The van der Waals surface area contributed by atoms with Gasteiger partial charge in [-0.05, 0) is 48.3 Å². The van der Waals surface area contributed by atoms with Crippen molar-refractivity contribution in [1.29, 1.82) is 0 Å². The first-order valence-electron chi connectivity index (χ1n) is 7.38. The normalized spacial score (nSPS) is 16.1. The number of hydrogen-bond donors (Lipinski definition) is 1. The Morgan fingerprint density at radius 1 is 1.21 bits per heavy atom. The molecule has 0 aromatic heterocycles. The molecule has 0 bridgehead atoms. The lowest BCUT2D eigenvalue weighted by Crippen LogP contribution is -2.23. The van der Waals surface area contributed by atoms with Crippen LogP contribution >= 0.6 is 11.6 Å². The van der Waals surface area contributed by atoms with Crippen LogP contribution in [0.5, 0.6) is 0 Å². The maximum absolute atomic E-state index is 9.20. The van der Waals surface area contributed by atoms with Crippen LogP contribution in [-0.2, 0) is 5.41 Å². The molecule has 0 saturated carbocycles. The summed E-state index contributed by atoms with van der Waals surface area (Å²) in [6, 6.07) is 8.27. The largest absolute Gasteiger partial charge is 0.396 e. The minimum Gasteiger partial charge on any atom is -0.396 e. The van der Waals surface area contributed by atoms with Crippen molar-refractivity contribution < 1.29 is 5.11 Å². The second kappa shape index (κ2) is 7.91. The number of unbranched alkanes of at least 4 members (excludes halogenated alkanes) is 1. The second-order valence-electron chi connectivity index (χ2n) is 6.00. The van der Waals surface area contributed by atoms with E-state index in [4.69, 9.17) is 11.6 Å². The molecule has 2 heteroatoms. The van der Waals surface area contributed by atoms with Gasteiger partial charge in [0.1, 0.15) is 0 Å². The summed E-state index contributed by atoms with van der Waals surface area (Å²) in [6.07, 6.45) is 5.85. The molecule has 0 aliphatic carbocycles. The zero-order valence-corrected chi connectivity index (χ0v) is 13.2. The van der Waals surface area contributed by atoms with Gasteiger partial charge in [-0.15, -0.1) is 0 Å². The van der Waals surface area contributed by atoms with Crippen LogP contribution in [0.3, 0.4) is 0 Å². The molecule has 1 unspecified atom stereocenters. The van der Waals surface area contributed by atoms with Crippen molar-refractivity contribution in [3.63, 3.8) is 0 Å². The fraction of sp³-hybridized carbons (Fsp3) is 0.647. The first-order valence-corrected chi connectivity index (χ1v) is 7.76. The first-order chi connectivity index (χ1) is 9.01. The highest BCUT2D eigenvalue weighted by Gasteiger charge is 2.26. The summed E-state index contributed by atoms with van der Waals surface area (Å²) < 4.78 is 0. The Hall–Kier alpha value is -0.530. The predicted molar refractivity (Wildman–Crippen MR) is 83.8 cm³/mol. The van der Waals surface area contributed by atoms with Gasteiger partial charge in [0.2, 0.25) is 0 Å². The maximum Gasteiger partial charge on any atom is 0.0456 e. The summed E-state index contributed by atoms with van der Waals surface area (Å²) in [7, 11) is 0. The Balaban J connectivity index is 2.81. The number of hydrogen-bond acceptors (Lipinski definition) is 1. The lowest BCUT2D eigenvalue weighted by atomic mass is 9.73. The summed E-state index contributed by atoms with van der Waals surface area (Å²) in [5.74, 6) is 0.383. The van der Waals surface area contributed by atoms with Crippen LogP contribution in [0.2, 0.25) is 5.02 Å². The van der Waals surface area contributed by atoms with E-state index in [0.29, 0.717) is 5.92 Å². The molecule has 0 spiro atoms. The average Bonchev–Trinajstić information content (AvgIpc) is 2.43. The molecule has 1 aromatic carbocycles. The molecule has 0 fully saturated rings. The van der Waals surface area contributed by atoms with Gasteiger partial charge in [0.25, 0.3) is 0 Å². The highest BCUT2D eigenvalue weighted by Crippen LogP contribution is 2.36. The van der Waals surface area contributed by atoms with Crippen LogP contribution in [0.25, 0.3) is 0 Å². The van der Waals surface area contributed by atoms with Gasteiger partial charge in [-0.25, -0.2) is 0 Å². The Bertz CT molecular complexity index is 360. The molecule has 0 aliphatic heterocycles. The monoisotopic (exact) mass is 282 g/mol. The van der Waals surface area contributed by atoms with E-state index >= 15 is 0 Å². The smallest absolute Gasteiger partial charge is 0.0456 e. The summed E-state index contributed by atoms with van der Waals surface area (Å²) in [4.78, 5) is 0. The Labute approximate surface area is 123 Å². The van der Waals surface area contributed by atoms with Crippen molar-refractivity contribution in [3.05, 3.63) is 34.9 Å². The van der Waals surface area contributed by atoms with Crippen molar-refractivity contribution in [1.82, 2.24) is 0 Å². The molecule has 19 heavy (non-hydrogen) atoms. The second-order valence-corrected chi connectivity index (χ2v) is 6.43. The molecule has 0 aliphatic rings. The third-order valence-corrected chi connectivity index (χ3v) is 4.38. The highest BCUT2D eigenvalue weighted by atomic mass is 35.5. The summed E-state index contributed by atoms with van der Waals surface area (Å²) in [5.41, 5.74) is 1.57. The van der Waals surface area contributed by atoms with Gasteiger partial charge >= 0.3 is 0 Å². The van der Waals surface area contributed by atoms with Crippen molar-refractivity contribution >= 4 is 11.6 Å². The number of halogens is 1. The molecule has 0 saturated heterocycles. The third-order valence-electron chi connectivity index (χ3n) is 4.12. The van der Waals surface area contributed by atoms with Crippen molar-refractivity contribution in [2.45, 2.75) is 58.3 Å². The molecule has 0 radical (unpaired) electrons. The maximum atomic E-state index is 9.20. The Morgan fingerprint density at radius 2 is 1.84 bits per heavy atom. The lowest BCUT2D eigenvalue weighted by Gasteiger charge is -2.31.